The van der Waals surface area contributed by atoms with Gasteiger partial charge in [0.1, 0.15) is 5.82 Å². The maximum Gasteiger partial charge on any atom is 0.322 e. The monoisotopic (exact) mass is 343 g/mol. The molecule has 6 nitrogen and oxygen atoms in total. The molecule has 2 unspecified atom stereocenters. The maximum absolute atomic E-state index is 12.8. The third-order valence-electron chi connectivity index (χ3n) is 5.88. The molecule has 0 aliphatic carbocycles. The van der Waals surface area contributed by atoms with Gasteiger partial charge in [0.05, 0.1) is 0 Å². The average Bonchev–Trinajstić information content (AvgIpc) is 3.09. The molecule has 2 atom stereocenters. The van der Waals surface area contributed by atoms with Gasteiger partial charge in [-0.05, 0) is 51.6 Å². The third kappa shape index (κ3) is 3.59. The number of piperidine rings is 1. The number of fused-ring (bicyclic) bond motifs is 1. The predicted octanol–water partition coefficient (Wildman–Crippen LogP) is 2.77. The summed E-state index contributed by atoms with van der Waals surface area (Å²) in [6.45, 7) is 7.30. The van der Waals surface area contributed by atoms with E-state index in [1.165, 1.54) is 38.6 Å². The number of amides is 2. The van der Waals surface area contributed by atoms with Gasteiger partial charge in [-0.2, -0.15) is 0 Å². The van der Waals surface area contributed by atoms with Gasteiger partial charge >= 0.3 is 6.03 Å². The molecular weight excluding hydrogens is 314 g/mol. The number of rotatable bonds is 2. The predicted molar refractivity (Wildman–Crippen MR) is 100 cm³/mol. The Kier molecular flexibility index (Phi) is 4.79. The fourth-order valence-electron chi connectivity index (χ4n) is 4.46. The van der Waals surface area contributed by atoms with E-state index in [1.807, 2.05) is 17.0 Å². The number of piperazine rings is 1. The normalized spacial score (nSPS) is 27.2. The van der Waals surface area contributed by atoms with E-state index in [0.717, 1.165) is 37.7 Å². The molecule has 1 aromatic rings. The summed E-state index contributed by atoms with van der Waals surface area (Å²) in [5.74, 6) is 0.978. The zero-order valence-electron chi connectivity index (χ0n) is 15.2. The highest BCUT2D eigenvalue weighted by Crippen LogP contribution is 2.26. The molecule has 4 rings (SSSR count). The SMILES string of the molecule is CC1CN2CCCC2CN1C(=O)Nc1ccnc(N2CCCCC2)c1. The summed E-state index contributed by atoms with van der Waals surface area (Å²) in [5, 5.41) is 3.10. The molecule has 136 valence electrons. The van der Waals surface area contributed by atoms with E-state index in [2.05, 4.69) is 27.0 Å². The number of carbonyl (C=O) groups is 1. The smallest absolute Gasteiger partial charge is 0.322 e. The van der Waals surface area contributed by atoms with Crippen LogP contribution in [0.15, 0.2) is 18.3 Å². The molecule has 2 amide bonds. The van der Waals surface area contributed by atoms with Crippen LogP contribution in [0, 0.1) is 0 Å². The molecule has 1 N–H and O–H groups in total. The maximum atomic E-state index is 12.8. The summed E-state index contributed by atoms with van der Waals surface area (Å²) in [7, 11) is 0. The first kappa shape index (κ1) is 16.6. The van der Waals surface area contributed by atoms with Crippen molar-refractivity contribution in [3.05, 3.63) is 18.3 Å². The Labute approximate surface area is 150 Å². The summed E-state index contributed by atoms with van der Waals surface area (Å²) >= 11 is 0. The van der Waals surface area contributed by atoms with E-state index >= 15 is 0 Å². The summed E-state index contributed by atoms with van der Waals surface area (Å²) in [6.07, 6.45) is 8.03. The van der Waals surface area contributed by atoms with E-state index in [0.29, 0.717) is 6.04 Å². The van der Waals surface area contributed by atoms with E-state index < -0.39 is 0 Å². The zero-order chi connectivity index (χ0) is 17.2. The molecule has 0 aromatic carbocycles. The summed E-state index contributed by atoms with van der Waals surface area (Å²) in [4.78, 5) is 24.2. The lowest BCUT2D eigenvalue weighted by Crippen LogP contribution is -2.57. The van der Waals surface area contributed by atoms with Crippen LogP contribution < -0.4 is 10.2 Å². The van der Waals surface area contributed by atoms with Crippen LogP contribution in [0.4, 0.5) is 16.3 Å². The van der Waals surface area contributed by atoms with E-state index in [-0.39, 0.29) is 12.1 Å². The zero-order valence-corrected chi connectivity index (χ0v) is 15.2. The first-order valence-corrected chi connectivity index (χ1v) is 9.73. The lowest BCUT2D eigenvalue weighted by atomic mass is 10.1. The van der Waals surface area contributed by atoms with Crippen LogP contribution >= 0.6 is 0 Å². The molecule has 6 heteroatoms. The minimum absolute atomic E-state index is 0.0230. The molecule has 0 spiro atoms. The van der Waals surface area contributed by atoms with Crippen LogP contribution in [-0.2, 0) is 0 Å². The number of pyridine rings is 1. The number of nitrogens with one attached hydrogen (secondary N) is 1. The van der Waals surface area contributed by atoms with Gasteiger partial charge < -0.3 is 15.1 Å². The molecule has 0 radical (unpaired) electrons. The van der Waals surface area contributed by atoms with E-state index in [9.17, 15) is 4.79 Å². The molecule has 25 heavy (non-hydrogen) atoms. The molecule has 3 fully saturated rings. The summed E-state index contributed by atoms with van der Waals surface area (Å²) < 4.78 is 0. The fourth-order valence-corrected chi connectivity index (χ4v) is 4.46. The highest BCUT2D eigenvalue weighted by atomic mass is 16.2. The molecule has 1 aromatic heterocycles. The van der Waals surface area contributed by atoms with Gasteiger partial charge in [-0.1, -0.05) is 0 Å². The topological polar surface area (TPSA) is 51.7 Å². The second-order valence-electron chi connectivity index (χ2n) is 7.67. The Morgan fingerprint density at radius 2 is 2.00 bits per heavy atom. The molecular formula is C19H29N5O. The van der Waals surface area contributed by atoms with Gasteiger partial charge in [0.15, 0.2) is 0 Å². The molecule has 3 saturated heterocycles. The number of anilines is 2. The molecule has 0 saturated carbocycles. The third-order valence-corrected chi connectivity index (χ3v) is 5.88. The van der Waals surface area contributed by atoms with Crippen LogP contribution in [0.5, 0.6) is 0 Å². The number of aromatic nitrogens is 1. The first-order chi connectivity index (χ1) is 12.2. The largest absolute Gasteiger partial charge is 0.357 e. The standard InChI is InChI=1S/C19H29N5O/c1-15-13-23-11-5-6-17(23)14-24(15)19(25)21-16-7-8-20-18(12-16)22-9-3-2-4-10-22/h7-8,12,15,17H,2-6,9-11,13-14H2,1H3,(H,20,21,25). The number of carbonyl (C=O) groups excluding carboxylic acids is 1. The highest BCUT2D eigenvalue weighted by Gasteiger charge is 2.36. The second kappa shape index (κ2) is 7.20. The van der Waals surface area contributed by atoms with Gasteiger partial charge in [-0.15, -0.1) is 0 Å². The van der Waals surface area contributed by atoms with Gasteiger partial charge in [-0.3, -0.25) is 4.90 Å². The lowest BCUT2D eigenvalue weighted by molar-refractivity contribution is 0.0861. The molecule has 3 aliphatic rings. The van der Waals surface area contributed by atoms with E-state index in [1.54, 1.807) is 6.20 Å². The Balaban J connectivity index is 1.42. The van der Waals surface area contributed by atoms with E-state index in [4.69, 9.17) is 0 Å². The van der Waals surface area contributed by atoms with Gasteiger partial charge in [0.2, 0.25) is 0 Å². The quantitative estimate of drug-likeness (QED) is 0.897. The Morgan fingerprint density at radius 3 is 2.84 bits per heavy atom. The van der Waals surface area contributed by atoms with Crippen molar-refractivity contribution in [2.24, 2.45) is 0 Å². The van der Waals surface area contributed by atoms with Crippen LogP contribution in [0.1, 0.15) is 39.0 Å². The number of nitrogens with zero attached hydrogens (tertiary/aromatic N) is 4. The van der Waals surface area contributed by atoms with Crippen molar-refractivity contribution < 1.29 is 4.79 Å². The number of urea groups is 1. The molecule has 4 heterocycles. The first-order valence-electron chi connectivity index (χ1n) is 9.73. The van der Waals surface area contributed by atoms with Gasteiger partial charge in [0.25, 0.3) is 0 Å². The van der Waals surface area contributed by atoms with Crippen LogP contribution in [0.3, 0.4) is 0 Å². The fraction of sp³-hybridized carbons (Fsp3) is 0.684. The number of hydrogen-bond acceptors (Lipinski definition) is 4. The van der Waals surface area contributed by atoms with Crippen molar-refractivity contribution in [1.82, 2.24) is 14.8 Å². The lowest BCUT2D eigenvalue weighted by Gasteiger charge is -2.42. The van der Waals surface area contributed by atoms with Gasteiger partial charge in [0, 0.05) is 56.2 Å². The van der Waals surface area contributed by atoms with Crippen molar-refractivity contribution in [2.75, 3.05) is 42.9 Å². The van der Waals surface area contributed by atoms with Crippen molar-refractivity contribution in [3.63, 3.8) is 0 Å². The summed E-state index contributed by atoms with van der Waals surface area (Å²) in [5.41, 5.74) is 0.849. The second-order valence-corrected chi connectivity index (χ2v) is 7.67. The minimum Gasteiger partial charge on any atom is -0.357 e. The highest BCUT2D eigenvalue weighted by molar-refractivity contribution is 5.90. The van der Waals surface area contributed by atoms with Crippen LogP contribution in [0.25, 0.3) is 0 Å². The Morgan fingerprint density at radius 1 is 1.16 bits per heavy atom. The molecule has 0 bridgehead atoms. The average molecular weight is 343 g/mol. The van der Waals surface area contributed by atoms with Crippen molar-refractivity contribution in [1.29, 1.82) is 0 Å². The van der Waals surface area contributed by atoms with Crippen molar-refractivity contribution >= 4 is 17.5 Å². The van der Waals surface area contributed by atoms with Crippen molar-refractivity contribution in [2.45, 2.75) is 51.1 Å². The minimum atomic E-state index is 0.0230. The Hall–Kier alpha value is -1.82. The van der Waals surface area contributed by atoms with Crippen molar-refractivity contribution in [3.8, 4) is 0 Å². The Bertz CT molecular complexity index is 616. The van der Waals surface area contributed by atoms with Crippen LogP contribution in [0.2, 0.25) is 0 Å². The van der Waals surface area contributed by atoms with Crippen LogP contribution in [-0.4, -0.2) is 65.6 Å². The molecule has 3 aliphatic heterocycles. The summed E-state index contributed by atoms with van der Waals surface area (Å²) in [6, 6.07) is 4.73. The van der Waals surface area contributed by atoms with Gasteiger partial charge in [-0.25, -0.2) is 9.78 Å². The number of hydrogen-bond donors (Lipinski definition) is 1.